The van der Waals surface area contributed by atoms with E-state index in [4.69, 9.17) is 26.8 Å². The van der Waals surface area contributed by atoms with Gasteiger partial charge in [-0.15, -0.1) is 11.8 Å². The van der Waals surface area contributed by atoms with Gasteiger partial charge in [0.25, 0.3) is 0 Å². The Morgan fingerprint density at radius 2 is 1.73 bits per heavy atom. The Morgan fingerprint density at radius 1 is 1.12 bits per heavy atom. The van der Waals surface area contributed by atoms with Crippen molar-refractivity contribution < 1.29 is 39.3 Å². The van der Waals surface area contributed by atoms with Crippen molar-refractivity contribution in [2.45, 2.75) is 30.2 Å². The molecule has 0 saturated carbocycles. The van der Waals surface area contributed by atoms with Crippen molar-refractivity contribution in [3.63, 3.8) is 0 Å². The van der Waals surface area contributed by atoms with Crippen molar-refractivity contribution in [1.82, 2.24) is 10.6 Å². The normalized spacial score (nSPS) is 13.9. The van der Waals surface area contributed by atoms with Gasteiger partial charge in [0, 0.05) is 12.2 Å². The summed E-state index contributed by atoms with van der Waals surface area (Å²) in [6.45, 7) is -1.26. The summed E-state index contributed by atoms with van der Waals surface area (Å²) in [5.74, 6) is -5.07. The minimum absolute atomic E-state index is 0.168. The lowest BCUT2D eigenvalue weighted by Gasteiger charge is -2.19. The van der Waals surface area contributed by atoms with Crippen molar-refractivity contribution >= 4 is 41.4 Å². The molecule has 0 saturated heterocycles. The topological polar surface area (TPSA) is 222 Å². The van der Waals surface area contributed by atoms with E-state index in [2.05, 4.69) is 10.6 Å². The van der Waals surface area contributed by atoms with E-state index >= 15 is 0 Å². The zero-order valence-corrected chi connectivity index (χ0v) is 14.5. The maximum absolute atomic E-state index is 12.0. The van der Waals surface area contributed by atoms with Crippen LogP contribution >= 0.6 is 11.8 Å². The lowest BCUT2D eigenvalue weighted by molar-refractivity contribution is -0.139. The molecule has 0 spiro atoms. The number of carbonyl (C=O) groups excluding carboxylic acids is 3. The molecule has 0 bridgehead atoms. The van der Waals surface area contributed by atoms with Crippen LogP contribution in [0.5, 0.6) is 0 Å². The zero-order valence-electron chi connectivity index (χ0n) is 13.7. The van der Waals surface area contributed by atoms with Gasteiger partial charge in [0.2, 0.25) is 17.7 Å². The van der Waals surface area contributed by atoms with Crippen molar-refractivity contribution in [3.8, 4) is 0 Å². The molecule has 0 fully saturated rings. The van der Waals surface area contributed by atoms with E-state index in [1.54, 1.807) is 0 Å². The average molecular weight is 394 g/mol. The first-order valence-corrected chi connectivity index (χ1v) is 8.42. The van der Waals surface area contributed by atoms with Crippen LogP contribution in [0.1, 0.15) is 12.8 Å². The molecule has 3 atom stereocenters. The van der Waals surface area contributed by atoms with Crippen LogP contribution in [0.25, 0.3) is 0 Å². The lowest BCUT2D eigenvalue weighted by atomic mass is 10.1. The van der Waals surface area contributed by atoms with Gasteiger partial charge in [-0.2, -0.15) is 0 Å². The highest BCUT2D eigenvalue weighted by Crippen LogP contribution is 2.12. The van der Waals surface area contributed by atoms with Gasteiger partial charge < -0.3 is 37.4 Å². The Morgan fingerprint density at radius 3 is 2.19 bits per heavy atom. The highest BCUT2D eigenvalue weighted by Gasteiger charge is 2.25. The Balaban J connectivity index is 4.82. The number of nitrogens with one attached hydrogen (secondary N) is 2. The molecule has 0 aliphatic heterocycles. The first-order chi connectivity index (χ1) is 12.1. The molecule has 0 aliphatic rings. The van der Waals surface area contributed by atoms with Crippen molar-refractivity contribution in [2.24, 2.45) is 11.5 Å². The number of hydrogen-bond acceptors (Lipinski definition) is 8. The molecule has 0 aromatic carbocycles. The Kier molecular flexibility index (Phi) is 10.9. The van der Waals surface area contributed by atoms with E-state index in [-0.39, 0.29) is 18.6 Å². The minimum Gasteiger partial charge on any atom is -0.480 e. The van der Waals surface area contributed by atoms with E-state index in [0.717, 1.165) is 11.8 Å². The summed E-state index contributed by atoms with van der Waals surface area (Å²) in [5, 5.41) is 29.7. The molecule has 0 aliphatic carbocycles. The molecule has 0 heterocycles. The number of carboxylic acids is 2. The number of aliphatic carboxylic acids is 2. The SMILES string of the molecule is NC(=O)C(CO)SC[C@H](NC(=O)CC[C@H](N)C(=O)O)C(=O)NCC(=O)O. The van der Waals surface area contributed by atoms with Gasteiger partial charge in [-0.05, 0) is 6.42 Å². The second kappa shape index (κ2) is 12.1. The molecule has 0 aromatic rings. The summed E-state index contributed by atoms with van der Waals surface area (Å²) < 4.78 is 0. The molecule has 3 amide bonds. The summed E-state index contributed by atoms with van der Waals surface area (Å²) in [6, 6.07) is -2.47. The van der Waals surface area contributed by atoms with Crippen molar-refractivity contribution in [2.75, 3.05) is 18.9 Å². The number of nitrogens with two attached hydrogens (primary N) is 2. The molecule has 26 heavy (non-hydrogen) atoms. The maximum atomic E-state index is 12.0. The van der Waals surface area contributed by atoms with Gasteiger partial charge in [-0.1, -0.05) is 0 Å². The first kappa shape index (κ1) is 23.6. The van der Waals surface area contributed by atoms with E-state index in [1.807, 2.05) is 0 Å². The number of thioether (sulfide) groups is 1. The fraction of sp³-hybridized carbons (Fsp3) is 0.615. The molecule has 12 nitrogen and oxygen atoms in total. The van der Waals surface area contributed by atoms with Crippen LogP contribution in [0.2, 0.25) is 0 Å². The zero-order chi connectivity index (χ0) is 20.3. The quantitative estimate of drug-likeness (QED) is 0.163. The molecule has 9 N–H and O–H groups in total. The van der Waals surface area contributed by atoms with Crippen LogP contribution in [0.4, 0.5) is 0 Å². The number of aliphatic hydroxyl groups excluding tert-OH is 1. The van der Waals surface area contributed by atoms with Gasteiger partial charge in [0.15, 0.2) is 0 Å². The van der Waals surface area contributed by atoms with Gasteiger partial charge >= 0.3 is 11.9 Å². The summed E-state index contributed by atoms with van der Waals surface area (Å²) in [4.78, 5) is 56.1. The van der Waals surface area contributed by atoms with E-state index < -0.39 is 60.1 Å². The number of hydrogen-bond donors (Lipinski definition) is 7. The average Bonchev–Trinajstić information content (AvgIpc) is 2.56. The highest BCUT2D eigenvalue weighted by molar-refractivity contribution is 8.00. The van der Waals surface area contributed by atoms with Crippen LogP contribution in [-0.4, -0.2) is 81.2 Å². The Hall–Kier alpha value is -2.38. The molecular formula is C13H22N4O8S. The standard InChI is InChI=1S/C13H22N4O8S/c14-6(13(24)25)1-2-9(19)17-7(12(23)16-3-10(20)21)5-26-8(4-18)11(15)22/h6-8,18H,1-5,14H2,(H2,15,22)(H,16,23)(H,17,19)(H,20,21)(H,24,25)/t6-,7-,8?/m0/s1. The molecule has 0 rings (SSSR count). The van der Waals surface area contributed by atoms with E-state index in [0.29, 0.717) is 0 Å². The van der Waals surface area contributed by atoms with Crippen molar-refractivity contribution in [3.05, 3.63) is 0 Å². The predicted octanol–water partition coefficient (Wildman–Crippen LogP) is -3.56. The maximum Gasteiger partial charge on any atom is 0.322 e. The third-order valence-corrected chi connectivity index (χ3v) is 4.32. The summed E-state index contributed by atoms with van der Waals surface area (Å²) >= 11 is 0.805. The van der Waals surface area contributed by atoms with E-state index in [9.17, 15) is 24.0 Å². The number of rotatable bonds is 13. The Bertz CT molecular complexity index is 544. The van der Waals surface area contributed by atoms with Gasteiger partial charge in [0.05, 0.1) is 6.61 Å². The third-order valence-electron chi connectivity index (χ3n) is 3.01. The fourth-order valence-electron chi connectivity index (χ4n) is 1.58. The lowest BCUT2D eigenvalue weighted by Crippen LogP contribution is -2.50. The third kappa shape index (κ3) is 9.80. The smallest absolute Gasteiger partial charge is 0.322 e. The number of carboxylic acid groups (broad SMARTS) is 2. The van der Waals surface area contributed by atoms with Crippen LogP contribution in [0.15, 0.2) is 0 Å². The van der Waals surface area contributed by atoms with Crippen LogP contribution in [0.3, 0.4) is 0 Å². The van der Waals surface area contributed by atoms with Crippen LogP contribution < -0.4 is 22.1 Å². The molecule has 1 unspecified atom stereocenters. The first-order valence-electron chi connectivity index (χ1n) is 7.37. The largest absolute Gasteiger partial charge is 0.480 e. The summed E-state index contributed by atoms with van der Waals surface area (Å²) in [6.07, 6.45) is -0.446. The Labute approximate surface area is 152 Å². The summed E-state index contributed by atoms with van der Waals surface area (Å²) in [7, 11) is 0. The van der Waals surface area contributed by atoms with Crippen LogP contribution in [-0.2, 0) is 24.0 Å². The second-order valence-corrected chi connectivity index (χ2v) is 6.36. The number of carbonyl (C=O) groups is 5. The van der Waals surface area contributed by atoms with Crippen LogP contribution in [0, 0.1) is 0 Å². The highest BCUT2D eigenvalue weighted by atomic mass is 32.2. The van der Waals surface area contributed by atoms with Crippen molar-refractivity contribution in [1.29, 1.82) is 0 Å². The second-order valence-electron chi connectivity index (χ2n) is 5.12. The number of amides is 3. The molecule has 13 heteroatoms. The predicted molar refractivity (Wildman–Crippen MR) is 89.9 cm³/mol. The monoisotopic (exact) mass is 394 g/mol. The van der Waals surface area contributed by atoms with E-state index in [1.165, 1.54) is 0 Å². The molecule has 0 radical (unpaired) electrons. The molecular weight excluding hydrogens is 372 g/mol. The molecule has 148 valence electrons. The summed E-state index contributed by atoms with van der Waals surface area (Å²) in [5.41, 5.74) is 10.3. The number of primary amides is 1. The van der Waals surface area contributed by atoms with Gasteiger partial charge in [-0.3, -0.25) is 24.0 Å². The van der Waals surface area contributed by atoms with Gasteiger partial charge in [-0.25, -0.2) is 0 Å². The fourth-order valence-corrected chi connectivity index (χ4v) is 2.51. The molecule has 0 aromatic heterocycles. The number of aliphatic hydroxyl groups is 1. The minimum atomic E-state index is -1.30. The van der Waals surface area contributed by atoms with Gasteiger partial charge in [0.1, 0.15) is 23.9 Å².